The molecule has 4 heteroatoms. The molecule has 0 aliphatic heterocycles. The Labute approximate surface area is 116 Å². The second-order valence-electron chi connectivity index (χ2n) is 4.56. The number of rotatable bonds is 4. The van der Waals surface area contributed by atoms with Crippen molar-refractivity contribution in [1.29, 1.82) is 0 Å². The molecule has 0 unspecified atom stereocenters. The van der Waals surface area contributed by atoms with Crippen LogP contribution in [0.4, 0.5) is 13.2 Å². The first-order valence-electron chi connectivity index (χ1n) is 6.25. The standard InChI is InChI=1S/C16H15F3O/c1-20-14-9-7-13(8-10-14)15(11-16(17,18)19)12-5-3-2-4-6-12/h2-10,15H,11H2,1H3/t15-/m1/s1. The van der Waals surface area contributed by atoms with Gasteiger partial charge in [0.2, 0.25) is 0 Å². The maximum atomic E-state index is 12.8. The highest BCUT2D eigenvalue weighted by Crippen LogP contribution is 2.36. The topological polar surface area (TPSA) is 9.23 Å². The van der Waals surface area contributed by atoms with Gasteiger partial charge in [-0.15, -0.1) is 0 Å². The van der Waals surface area contributed by atoms with Crippen LogP contribution >= 0.6 is 0 Å². The van der Waals surface area contributed by atoms with Gasteiger partial charge < -0.3 is 4.74 Å². The van der Waals surface area contributed by atoms with Gasteiger partial charge in [-0.3, -0.25) is 0 Å². The minimum Gasteiger partial charge on any atom is -0.497 e. The molecule has 0 aliphatic carbocycles. The lowest BCUT2D eigenvalue weighted by molar-refractivity contribution is -0.136. The van der Waals surface area contributed by atoms with Crippen LogP contribution < -0.4 is 4.74 Å². The van der Waals surface area contributed by atoms with Gasteiger partial charge in [-0.2, -0.15) is 13.2 Å². The Morgan fingerprint density at radius 2 is 1.45 bits per heavy atom. The minimum atomic E-state index is -4.21. The van der Waals surface area contributed by atoms with E-state index in [0.717, 1.165) is 0 Å². The normalized spacial score (nSPS) is 13.0. The van der Waals surface area contributed by atoms with E-state index in [-0.39, 0.29) is 0 Å². The van der Waals surface area contributed by atoms with Crippen LogP contribution in [0.5, 0.6) is 5.75 Å². The Morgan fingerprint density at radius 3 is 1.95 bits per heavy atom. The molecule has 106 valence electrons. The van der Waals surface area contributed by atoms with Crippen molar-refractivity contribution in [3.8, 4) is 5.75 Å². The number of hydrogen-bond acceptors (Lipinski definition) is 1. The van der Waals surface area contributed by atoms with Gasteiger partial charge in [-0.1, -0.05) is 42.5 Å². The summed E-state index contributed by atoms with van der Waals surface area (Å²) in [7, 11) is 1.53. The maximum absolute atomic E-state index is 12.8. The molecule has 0 fully saturated rings. The number of hydrogen-bond donors (Lipinski definition) is 0. The molecule has 0 aliphatic rings. The summed E-state index contributed by atoms with van der Waals surface area (Å²) in [6.45, 7) is 0. The number of halogens is 3. The second-order valence-corrected chi connectivity index (χ2v) is 4.56. The fourth-order valence-corrected chi connectivity index (χ4v) is 2.18. The third kappa shape index (κ3) is 3.76. The molecule has 1 nitrogen and oxygen atoms in total. The fraction of sp³-hybridized carbons (Fsp3) is 0.250. The van der Waals surface area contributed by atoms with E-state index in [1.54, 1.807) is 54.6 Å². The zero-order valence-electron chi connectivity index (χ0n) is 11.0. The highest BCUT2D eigenvalue weighted by Gasteiger charge is 2.33. The molecular weight excluding hydrogens is 265 g/mol. The van der Waals surface area contributed by atoms with Gasteiger partial charge in [0.1, 0.15) is 5.75 Å². The van der Waals surface area contributed by atoms with Crippen LogP contribution in [0, 0.1) is 0 Å². The third-order valence-electron chi connectivity index (χ3n) is 3.16. The summed E-state index contributed by atoms with van der Waals surface area (Å²) >= 11 is 0. The summed E-state index contributed by atoms with van der Waals surface area (Å²) in [5, 5.41) is 0. The SMILES string of the molecule is COc1ccc([C@H](CC(F)(F)F)c2ccccc2)cc1. The van der Waals surface area contributed by atoms with Crippen molar-refractivity contribution in [2.75, 3.05) is 7.11 Å². The van der Waals surface area contributed by atoms with Crippen LogP contribution in [0.3, 0.4) is 0 Å². The number of alkyl halides is 3. The molecule has 0 amide bonds. The third-order valence-corrected chi connectivity index (χ3v) is 3.16. The van der Waals surface area contributed by atoms with Crippen LogP contribution in [0.15, 0.2) is 54.6 Å². The second kappa shape index (κ2) is 5.99. The first-order valence-corrected chi connectivity index (χ1v) is 6.25. The van der Waals surface area contributed by atoms with E-state index < -0.39 is 18.5 Å². The van der Waals surface area contributed by atoms with E-state index in [9.17, 15) is 13.2 Å². The molecule has 0 bridgehead atoms. The van der Waals surface area contributed by atoms with Crippen LogP contribution in [0.1, 0.15) is 23.5 Å². The summed E-state index contributed by atoms with van der Waals surface area (Å²) in [5.74, 6) is -0.0605. The van der Waals surface area contributed by atoms with Gasteiger partial charge in [-0.05, 0) is 23.3 Å². The zero-order valence-corrected chi connectivity index (χ0v) is 11.0. The van der Waals surface area contributed by atoms with Crippen LogP contribution in [0.2, 0.25) is 0 Å². The molecular formula is C16H15F3O. The largest absolute Gasteiger partial charge is 0.497 e. The van der Waals surface area contributed by atoms with Gasteiger partial charge in [0.15, 0.2) is 0 Å². The maximum Gasteiger partial charge on any atom is 0.390 e. The van der Waals surface area contributed by atoms with Crippen molar-refractivity contribution < 1.29 is 17.9 Å². The molecule has 0 N–H and O–H groups in total. The first-order chi connectivity index (χ1) is 9.49. The minimum absolute atomic E-state index is 0.632. The Kier molecular flexibility index (Phi) is 4.32. The van der Waals surface area contributed by atoms with Crippen molar-refractivity contribution in [3.05, 3.63) is 65.7 Å². The molecule has 20 heavy (non-hydrogen) atoms. The summed E-state index contributed by atoms with van der Waals surface area (Å²) in [6, 6.07) is 15.5. The molecule has 0 spiro atoms. The van der Waals surface area contributed by atoms with Gasteiger partial charge in [0.05, 0.1) is 13.5 Å². The molecule has 2 aromatic rings. The predicted molar refractivity (Wildman–Crippen MR) is 72.0 cm³/mol. The lowest BCUT2D eigenvalue weighted by atomic mass is 9.88. The number of methoxy groups -OCH3 is 1. The summed E-state index contributed by atoms with van der Waals surface area (Å²) in [6.07, 6.45) is -5.08. The van der Waals surface area contributed by atoms with E-state index in [1.165, 1.54) is 7.11 Å². The van der Waals surface area contributed by atoms with E-state index in [4.69, 9.17) is 4.74 Å². The fourth-order valence-electron chi connectivity index (χ4n) is 2.18. The van der Waals surface area contributed by atoms with E-state index >= 15 is 0 Å². The average molecular weight is 280 g/mol. The van der Waals surface area contributed by atoms with Gasteiger partial charge >= 0.3 is 6.18 Å². The van der Waals surface area contributed by atoms with E-state index in [2.05, 4.69) is 0 Å². The van der Waals surface area contributed by atoms with Crippen molar-refractivity contribution in [2.45, 2.75) is 18.5 Å². The van der Waals surface area contributed by atoms with Gasteiger partial charge in [0, 0.05) is 5.92 Å². The van der Waals surface area contributed by atoms with E-state index in [1.807, 2.05) is 0 Å². The first kappa shape index (κ1) is 14.4. The summed E-state index contributed by atoms with van der Waals surface area (Å²) < 4.78 is 43.4. The molecule has 0 saturated heterocycles. The Bertz CT molecular complexity index is 532. The number of ether oxygens (including phenoxy) is 1. The molecule has 2 aromatic carbocycles. The quantitative estimate of drug-likeness (QED) is 0.783. The van der Waals surface area contributed by atoms with Crippen molar-refractivity contribution in [2.24, 2.45) is 0 Å². The highest BCUT2D eigenvalue weighted by atomic mass is 19.4. The lowest BCUT2D eigenvalue weighted by Gasteiger charge is -2.20. The van der Waals surface area contributed by atoms with Crippen molar-refractivity contribution in [1.82, 2.24) is 0 Å². The highest BCUT2D eigenvalue weighted by molar-refractivity contribution is 5.36. The molecule has 2 rings (SSSR count). The van der Waals surface area contributed by atoms with Gasteiger partial charge in [0.25, 0.3) is 0 Å². The number of benzene rings is 2. The van der Waals surface area contributed by atoms with E-state index in [0.29, 0.717) is 16.9 Å². The van der Waals surface area contributed by atoms with Crippen molar-refractivity contribution >= 4 is 0 Å². The Balaban J connectivity index is 2.35. The molecule has 1 atom stereocenters. The summed E-state index contributed by atoms with van der Waals surface area (Å²) in [5.41, 5.74) is 1.30. The lowest BCUT2D eigenvalue weighted by Crippen LogP contribution is -2.15. The molecule has 0 saturated carbocycles. The average Bonchev–Trinajstić information content (AvgIpc) is 2.45. The van der Waals surface area contributed by atoms with Crippen LogP contribution in [0.25, 0.3) is 0 Å². The summed E-state index contributed by atoms with van der Waals surface area (Å²) in [4.78, 5) is 0. The zero-order chi connectivity index (χ0) is 14.6. The predicted octanol–water partition coefficient (Wildman–Crippen LogP) is 4.78. The Hall–Kier alpha value is -1.97. The molecule has 0 aromatic heterocycles. The molecule has 0 radical (unpaired) electrons. The van der Waals surface area contributed by atoms with Gasteiger partial charge in [-0.25, -0.2) is 0 Å². The molecule has 0 heterocycles. The smallest absolute Gasteiger partial charge is 0.390 e. The van der Waals surface area contributed by atoms with Crippen LogP contribution in [-0.2, 0) is 0 Å². The Morgan fingerprint density at radius 1 is 0.900 bits per heavy atom. The monoisotopic (exact) mass is 280 g/mol. The van der Waals surface area contributed by atoms with Crippen LogP contribution in [-0.4, -0.2) is 13.3 Å². The van der Waals surface area contributed by atoms with Crippen molar-refractivity contribution in [3.63, 3.8) is 0 Å².